The minimum atomic E-state index is -4.60. The molecular formula is C13H16F3NO3S. The smallest absolute Gasteiger partial charge is 0.416 e. The van der Waals surface area contributed by atoms with Crippen molar-refractivity contribution in [3.05, 3.63) is 29.3 Å². The molecule has 0 aliphatic rings. The number of aromatic carboxylic acids is 1. The Morgan fingerprint density at radius 1 is 1.43 bits per heavy atom. The van der Waals surface area contributed by atoms with Crippen molar-refractivity contribution in [3.8, 4) is 0 Å². The third-order valence-electron chi connectivity index (χ3n) is 3.00. The number of nitrogens with one attached hydrogen (secondary N) is 1. The van der Waals surface area contributed by atoms with Crippen LogP contribution in [0.2, 0.25) is 0 Å². The number of hydrogen-bond acceptors (Lipinski definition) is 4. The molecule has 21 heavy (non-hydrogen) atoms. The van der Waals surface area contributed by atoms with Crippen molar-refractivity contribution >= 4 is 23.4 Å². The molecule has 1 rings (SSSR count). The molecule has 8 heteroatoms. The summed E-state index contributed by atoms with van der Waals surface area (Å²) in [5.74, 6) is -1.44. The molecule has 2 unspecified atom stereocenters. The van der Waals surface area contributed by atoms with E-state index >= 15 is 0 Å². The van der Waals surface area contributed by atoms with Gasteiger partial charge in [0.1, 0.15) is 0 Å². The van der Waals surface area contributed by atoms with Crippen molar-refractivity contribution in [2.75, 3.05) is 18.2 Å². The lowest BCUT2D eigenvalue weighted by Gasteiger charge is -2.23. The van der Waals surface area contributed by atoms with Crippen LogP contribution in [0.1, 0.15) is 22.8 Å². The average Bonchev–Trinajstić information content (AvgIpc) is 2.38. The molecule has 0 fully saturated rings. The largest absolute Gasteiger partial charge is 0.478 e. The summed E-state index contributed by atoms with van der Waals surface area (Å²) < 4.78 is 37.8. The third kappa shape index (κ3) is 4.53. The summed E-state index contributed by atoms with van der Waals surface area (Å²) in [5, 5.41) is 20.9. The SMILES string of the molecule is CSC(CO)C(C)Nc1ccc(C(F)(F)F)cc1C(=O)O. The van der Waals surface area contributed by atoms with Gasteiger partial charge in [-0.2, -0.15) is 24.9 Å². The van der Waals surface area contributed by atoms with E-state index in [1.807, 2.05) is 0 Å². The molecule has 0 aromatic heterocycles. The molecule has 1 aromatic rings. The highest BCUT2D eigenvalue weighted by molar-refractivity contribution is 7.99. The van der Waals surface area contributed by atoms with Crippen LogP contribution in [0.15, 0.2) is 18.2 Å². The van der Waals surface area contributed by atoms with Crippen molar-refractivity contribution in [2.24, 2.45) is 0 Å². The number of alkyl halides is 3. The molecule has 0 amide bonds. The molecule has 0 bridgehead atoms. The molecule has 1 aromatic carbocycles. The molecular weight excluding hydrogens is 307 g/mol. The molecule has 4 nitrogen and oxygen atoms in total. The van der Waals surface area contributed by atoms with Crippen LogP contribution in [0.25, 0.3) is 0 Å². The summed E-state index contributed by atoms with van der Waals surface area (Å²) in [6.45, 7) is 1.60. The second kappa shape index (κ2) is 7.04. The number of carboxylic acid groups (broad SMARTS) is 1. The zero-order valence-corrected chi connectivity index (χ0v) is 12.3. The number of carbonyl (C=O) groups is 1. The van der Waals surface area contributed by atoms with Gasteiger partial charge in [0.15, 0.2) is 0 Å². The number of halogens is 3. The number of aliphatic hydroxyl groups excluding tert-OH is 1. The van der Waals surface area contributed by atoms with Crippen molar-refractivity contribution in [2.45, 2.75) is 24.4 Å². The van der Waals surface area contributed by atoms with E-state index < -0.39 is 23.3 Å². The Bertz CT molecular complexity index is 504. The summed E-state index contributed by atoms with van der Waals surface area (Å²) in [4.78, 5) is 11.1. The van der Waals surface area contributed by atoms with Crippen LogP contribution in [0.5, 0.6) is 0 Å². The zero-order valence-electron chi connectivity index (χ0n) is 11.4. The maximum absolute atomic E-state index is 12.6. The van der Waals surface area contributed by atoms with Crippen molar-refractivity contribution in [3.63, 3.8) is 0 Å². The van der Waals surface area contributed by atoms with Crippen LogP contribution < -0.4 is 5.32 Å². The quantitative estimate of drug-likeness (QED) is 0.751. The lowest BCUT2D eigenvalue weighted by molar-refractivity contribution is -0.137. The van der Waals surface area contributed by atoms with Gasteiger partial charge in [-0.1, -0.05) is 0 Å². The molecule has 0 saturated carbocycles. The highest BCUT2D eigenvalue weighted by Crippen LogP contribution is 2.32. The Labute approximate surface area is 124 Å². The monoisotopic (exact) mass is 323 g/mol. The van der Waals surface area contributed by atoms with Crippen LogP contribution in [0.3, 0.4) is 0 Å². The predicted molar refractivity (Wildman–Crippen MR) is 75.9 cm³/mol. The van der Waals surface area contributed by atoms with E-state index in [-0.39, 0.29) is 23.6 Å². The Morgan fingerprint density at radius 3 is 2.48 bits per heavy atom. The standard InChI is InChI=1S/C13H16F3NO3S/c1-7(11(6-18)21-2)17-10-4-3-8(13(14,15)16)5-9(10)12(19)20/h3-5,7,11,17-18H,6H2,1-2H3,(H,19,20). The van der Waals surface area contributed by atoms with Gasteiger partial charge in [-0.25, -0.2) is 4.79 Å². The van der Waals surface area contributed by atoms with Crippen molar-refractivity contribution in [1.29, 1.82) is 0 Å². The van der Waals surface area contributed by atoms with Gasteiger partial charge in [-0.3, -0.25) is 0 Å². The predicted octanol–water partition coefficient (Wildman–Crippen LogP) is 2.93. The summed E-state index contributed by atoms with van der Waals surface area (Å²) in [6.07, 6.45) is -2.81. The number of thioether (sulfide) groups is 1. The molecule has 2 atom stereocenters. The molecule has 0 heterocycles. The van der Waals surface area contributed by atoms with E-state index in [1.165, 1.54) is 11.8 Å². The van der Waals surface area contributed by atoms with Crippen LogP contribution in [-0.2, 0) is 6.18 Å². The van der Waals surface area contributed by atoms with Gasteiger partial charge in [0.05, 0.1) is 17.7 Å². The Morgan fingerprint density at radius 2 is 2.05 bits per heavy atom. The van der Waals surface area contributed by atoms with Gasteiger partial charge in [0.25, 0.3) is 0 Å². The van der Waals surface area contributed by atoms with Crippen LogP contribution in [-0.4, -0.2) is 40.3 Å². The van der Waals surface area contributed by atoms with Gasteiger partial charge >= 0.3 is 12.1 Å². The highest BCUT2D eigenvalue weighted by Gasteiger charge is 2.32. The highest BCUT2D eigenvalue weighted by atomic mass is 32.2. The fourth-order valence-corrected chi connectivity index (χ4v) is 2.42. The fraction of sp³-hybridized carbons (Fsp3) is 0.462. The van der Waals surface area contributed by atoms with Gasteiger partial charge in [-0.15, -0.1) is 0 Å². The van der Waals surface area contributed by atoms with E-state index in [9.17, 15) is 23.1 Å². The Balaban J connectivity index is 3.10. The first-order valence-corrected chi connectivity index (χ1v) is 7.34. The number of aliphatic hydroxyl groups is 1. The van der Waals surface area contributed by atoms with Crippen molar-refractivity contribution in [1.82, 2.24) is 0 Å². The molecule has 0 saturated heterocycles. The Hall–Kier alpha value is -1.41. The molecule has 0 aliphatic heterocycles. The van der Waals surface area contributed by atoms with E-state index in [2.05, 4.69) is 5.32 Å². The maximum atomic E-state index is 12.6. The number of carboxylic acids is 1. The van der Waals surface area contributed by atoms with E-state index in [0.29, 0.717) is 6.07 Å². The van der Waals surface area contributed by atoms with Gasteiger partial charge in [-0.05, 0) is 31.4 Å². The minimum Gasteiger partial charge on any atom is -0.478 e. The van der Waals surface area contributed by atoms with Gasteiger partial charge in [0.2, 0.25) is 0 Å². The summed E-state index contributed by atoms with van der Waals surface area (Å²) in [7, 11) is 0. The first-order chi connectivity index (χ1) is 9.70. The number of benzene rings is 1. The summed E-state index contributed by atoms with van der Waals surface area (Å²) in [6, 6.07) is 2.22. The zero-order chi connectivity index (χ0) is 16.2. The fourth-order valence-electron chi connectivity index (χ4n) is 1.80. The first kappa shape index (κ1) is 17.6. The average molecular weight is 323 g/mol. The summed E-state index contributed by atoms with van der Waals surface area (Å²) >= 11 is 1.38. The summed E-state index contributed by atoms with van der Waals surface area (Å²) in [5.41, 5.74) is -1.37. The van der Waals surface area contributed by atoms with Crippen LogP contribution in [0, 0.1) is 0 Å². The molecule has 0 aliphatic carbocycles. The number of hydrogen-bond donors (Lipinski definition) is 3. The molecule has 3 N–H and O–H groups in total. The molecule has 0 spiro atoms. The first-order valence-electron chi connectivity index (χ1n) is 6.05. The molecule has 118 valence electrons. The maximum Gasteiger partial charge on any atom is 0.416 e. The lowest BCUT2D eigenvalue weighted by atomic mass is 10.1. The Kier molecular flexibility index (Phi) is 5.91. The second-order valence-electron chi connectivity index (χ2n) is 4.45. The lowest BCUT2D eigenvalue weighted by Crippen LogP contribution is -2.31. The minimum absolute atomic E-state index is 0.0931. The van der Waals surface area contributed by atoms with Crippen LogP contribution in [0.4, 0.5) is 18.9 Å². The second-order valence-corrected chi connectivity index (χ2v) is 5.53. The van der Waals surface area contributed by atoms with E-state index in [4.69, 9.17) is 5.11 Å². The van der Waals surface area contributed by atoms with Crippen LogP contribution >= 0.6 is 11.8 Å². The van der Waals surface area contributed by atoms with E-state index in [0.717, 1.165) is 12.1 Å². The molecule has 0 radical (unpaired) electrons. The normalized spacial score (nSPS) is 14.6. The topological polar surface area (TPSA) is 69.6 Å². The number of rotatable bonds is 6. The van der Waals surface area contributed by atoms with E-state index in [1.54, 1.807) is 13.2 Å². The van der Waals surface area contributed by atoms with Gasteiger partial charge < -0.3 is 15.5 Å². The number of anilines is 1. The third-order valence-corrected chi connectivity index (χ3v) is 4.16. The van der Waals surface area contributed by atoms with Gasteiger partial charge in [0, 0.05) is 17.0 Å². The van der Waals surface area contributed by atoms with Crippen molar-refractivity contribution < 1.29 is 28.2 Å².